The number of hydrogen-bond donors (Lipinski definition) is 0. The second kappa shape index (κ2) is 31.5. The standard InChI is InChI=1S/C116H76N6S4/c1-8-26-83(27-9-1)117(84-28-10-2-11-29-84)97-50-58-101-105-69-93(54-62-109(105)123-113(101)73-97)120(88-36-18-6-19-37-88)95-56-64-111-107(71-95)103-60-52-99(75-115(103)125-111)119(87-34-16-5-17-35-87)90-46-42-78(43-47-90)80-40-41-82-68-92(49-45-81(82)66-80)122(91-48-44-77-24-22-23-25-79(77)67-91)100-53-61-104-108-72-96(57-65-112(108)126-116(104)76-100)121(89-38-20-7-21-39-89)94-55-63-110-106(70-94)102-59-51-98(74-114(102)124-110)118(85-30-12-3-13-31-85)86-32-14-4-15-33-86/h1-76H. The van der Waals surface area contributed by atoms with E-state index in [9.17, 15) is 0 Å². The third kappa shape index (κ3) is 13.6. The molecule has 4 heterocycles. The minimum Gasteiger partial charge on any atom is -0.310 e. The molecule has 10 heteroatoms. The Labute approximate surface area is 745 Å². The summed E-state index contributed by atoms with van der Waals surface area (Å²) >= 11 is 7.41. The van der Waals surface area contributed by atoms with Crippen LogP contribution < -0.4 is 29.4 Å². The monoisotopic (exact) mass is 1680 g/mol. The Hall–Kier alpha value is -15.4. The summed E-state index contributed by atoms with van der Waals surface area (Å²) in [5.74, 6) is 0. The van der Waals surface area contributed by atoms with Crippen molar-refractivity contribution in [2.45, 2.75) is 0 Å². The number of rotatable bonds is 19. The first-order chi connectivity index (χ1) is 62.4. The summed E-state index contributed by atoms with van der Waals surface area (Å²) in [6.45, 7) is 0. The van der Waals surface area contributed by atoms with Crippen LogP contribution in [0.2, 0.25) is 0 Å². The molecular formula is C116H76N6S4. The van der Waals surface area contributed by atoms with E-state index in [0.717, 1.165) is 113 Å². The molecule has 0 unspecified atom stereocenters. The molecule has 0 aliphatic carbocycles. The summed E-state index contributed by atoms with van der Waals surface area (Å²) < 4.78 is 9.96. The predicted octanol–water partition coefficient (Wildman–Crippen LogP) is 36.0. The second-order valence-electron chi connectivity index (χ2n) is 32.0. The molecule has 0 N–H and O–H groups in total. The smallest absolute Gasteiger partial charge is 0.0476 e. The zero-order valence-electron chi connectivity index (χ0n) is 68.2. The fraction of sp³-hybridized carbons (Fsp3) is 0. The van der Waals surface area contributed by atoms with Crippen molar-refractivity contribution in [3.05, 3.63) is 461 Å². The minimum absolute atomic E-state index is 1.08. The molecule has 0 spiro atoms. The molecule has 0 amide bonds. The molecule has 24 aromatic rings. The van der Waals surface area contributed by atoms with Gasteiger partial charge in [0.2, 0.25) is 0 Å². The highest BCUT2D eigenvalue weighted by atomic mass is 32.1. The van der Waals surface area contributed by atoms with Gasteiger partial charge < -0.3 is 29.4 Å². The van der Waals surface area contributed by atoms with Gasteiger partial charge >= 0.3 is 0 Å². The van der Waals surface area contributed by atoms with Crippen molar-refractivity contribution in [3.8, 4) is 11.1 Å². The molecule has 4 aromatic heterocycles. The molecule has 6 nitrogen and oxygen atoms in total. The van der Waals surface area contributed by atoms with Crippen molar-refractivity contribution in [2.75, 3.05) is 29.4 Å². The Bertz CT molecular complexity index is 8170. The number of anilines is 18. The number of thiophene rings is 4. The van der Waals surface area contributed by atoms with Crippen LogP contribution in [0.1, 0.15) is 0 Å². The maximum absolute atomic E-state index is 2.43. The lowest BCUT2D eigenvalue weighted by Crippen LogP contribution is -2.10. The van der Waals surface area contributed by atoms with E-state index in [2.05, 4.69) is 490 Å². The van der Waals surface area contributed by atoms with Gasteiger partial charge in [-0.15, -0.1) is 45.3 Å². The van der Waals surface area contributed by atoms with Crippen LogP contribution in [-0.2, 0) is 0 Å². The van der Waals surface area contributed by atoms with Gasteiger partial charge in [-0.2, -0.15) is 0 Å². The van der Waals surface area contributed by atoms with E-state index in [4.69, 9.17) is 0 Å². The van der Waals surface area contributed by atoms with Gasteiger partial charge in [0.15, 0.2) is 0 Å². The molecule has 0 bridgehead atoms. The lowest BCUT2D eigenvalue weighted by Gasteiger charge is -2.26. The maximum atomic E-state index is 2.43. The van der Waals surface area contributed by atoms with E-state index in [1.807, 2.05) is 45.3 Å². The Kier molecular flexibility index (Phi) is 18.6. The van der Waals surface area contributed by atoms with Gasteiger partial charge in [-0.25, -0.2) is 0 Å². The highest BCUT2D eigenvalue weighted by Crippen LogP contribution is 2.51. The molecule has 0 atom stereocenters. The van der Waals surface area contributed by atoms with E-state index in [0.29, 0.717) is 0 Å². The summed E-state index contributed by atoms with van der Waals surface area (Å²) in [6, 6.07) is 169. The SMILES string of the molecule is c1ccc(N(c2ccccc2)c2ccc3c(c2)sc2ccc(N(c4ccccc4)c4ccc5sc6cc(N(c7ccccc7)c7ccc(-c8ccc9cc(N(c%10ccc%11ccccc%11c%10)c%10ccc%11c(c%10)sc%10ccc(N(c%12ccccc%12)c%12ccc%13sc%14cc(N(c%15ccccc%15)c%15ccccc%15)ccc%14c%13c%12)cc%10%11)ccc9c8)cc7)ccc6c5c4)cc23)cc1. The quantitative estimate of drug-likeness (QED) is 0.0798. The zero-order chi connectivity index (χ0) is 83.1. The largest absolute Gasteiger partial charge is 0.310 e. The van der Waals surface area contributed by atoms with Crippen LogP contribution in [0.3, 0.4) is 0 Å². The normalized spacial score (nSPS) is 11.7. The average molecular weight is 1680 g/mol. The van der Waals surface area contributed by atoms with Gasteiger partial charge in [0.05, 0.1) is 0 Å². The number of nitrogens with zero attached hydrogens (tertiary/aromatic N) is 6. The molecule has 20 aromatic carbocycles. The number of para-hydroxylation sites is 7. The van der Waals surface area contributed by atoms with Gasteiger partial charge in [-0.3, -0.25) is 0 Å². The highest BCUT2D eigenvalue weighted by molar-refractivity contribution is 7.27. The Morgan fingerprint density at radius 1 is 0.111 bits per heavy atom. The van der Waals surface area contributed by atoms with Crippen LogP contribution >= 0.6 is 45.3 Å². The fourth-order valence-electron chi connectivity index (χ4n) is 18.5. The van der Waals surface area contributed by atoms with Crippen molar-refractivity contribution in [3.63, 3.8) is 0 Å². The summed E-state index contributed by atoms with van der Waals surface area (Å²) in [5, 5.41) is 14.7. The summed E-state index contributed by atoms with van der Waals surface area (Å²) in [6.07, 6.45) is 0. The second-order valence-corrected chi connectivity index (χ2v) is 36.4. The summed E-state index contributed by atoms with van der Waals surface area (Å²) in [5.41, 5.74) is 22.3. The molecule has 594 valence electrons. The van der Waals surface area contributed by atoms with Crippen molar-refractivity contribution in [1.82, 2.24) is 0 Å². The molecule has 0 aliphatic heterocycles. The van der Waals surface area contributed by atoms with Crippen molar-refractivity contribution in [2.24, 2.45) is 0 Å². The maximum Gasteiger partial charge on any atom is 0.0476 e. The first-order valence-corrected chi connectivity index (χ1v) is 45.8. The Morgan fingerprint density at radius 3 is 0.627 bits per heavy atom. The van der Waals surface area contributed by atoms with Gasteiger partial charge in [-0.05, 0) is 281 Å². The van der Waals surface area contributed by atoms with Crippen molar-refractivity contribution >= 4 is 250 Å². The highest BCUT2D eigenvalue weighted by Gasteiger charge is 2.25. The van der Waals surface area contributed by atoms with Crippen LogP contribution in [-0.4, -0.2) is 0 Å². The Balaban J connectivity index is 0.523. The van der Waals surface area contributed by atoms with Crippen LogP contribution in [0.5, 0.6) is 0 Å². The van der Waals surface area contributed by atoms with Crippen LogP contribution in [0.25, 0.3) is 113 Å². The van der Waals surface area contributed by atoms with Gasteiger partial charge in [0, 0.05) is 183 Å². The van der Waals surface area contributed by atoms with Crippen LogP contribution in [0.4, 0.5) is 102 Å². The lowest BCUT2D eigenvalue weighted by molar-refractivity contribution is 1.29. The average Bonchev–Trinajstić information content (AvgIpc) is 1.59. The number of benzene rings is 20. The van der Waals surface area contributed by atoms with E-state index in [1.165, 1.54) is 102 Å². The van der Waals surface area contributed by atoms with E-state index < -0.39 is 0 Å². The molecule has 0 saturated heterocycles. The fourth-order valence-corrected chi connectivity index (χ4v) is 23.0. The third-order valence-electron chi connectivity index (χ3n) is 24.5. The molecule has 0 radical (unpaired) electrons. The minimum atomic E-state index is 1.08. The lowest BCUT2D eigenvalue weighted by atomic mass is 10.00. The molecule has 126 heavy (non-hydrogen) atoms. The van der Waals surface area contributed by atoms with Crippen molar-refractivity contribution < 1.29 is 0 Å². The van der Waals surface area contributed by atoms with Crippen LogP contribution in [0.15, 0.2) is 461 Å². The van der Waals surface area contributed by atoms with E-state index in [1.54, 1.807) is 0 Å². The predicted molar refractivity (Wildman–Crippen MR) is 547 cm³/mol. The van der Waals surface area contributed by atoms with Gasteiger partial charge in [0.1, 0.15) is 0 Å². The summed E-state index contributed by atoms with van der Waals surface area (Å²) in [7, 11) is 0. The molecular weight excluding hydrogens is 1610 g/mol. The Morgan fingerprint density at radius 2 is 0.310 bits per heavy atom. The summed E-state index contributed by atoms with van der Waals surface area (Å²) in [4.78, 5) is 14.3. The first-order valence-electron chi connectivity index (χ1n) is 42.5. The zero-order valence-corrected chi connectivity index (χ0v) is 71.5. The molecule has 0 saturated carbocycles. The number of fused-ring (bicyclic) bond motifs is 14. The number of hydrogen-bond acceptors (Lipinski definition) is 10. The first kappa shape index (κ1) is 74.4. The topological polar surface area (TPSA) is 19.4 Å². The van der Waals surface area contributed by atoms with E-state index >= 15 is 0 Å². The van der Waals surface area contributed by atoms with Crippen molar-refractivity contribution in [1.29, 1.82) is 0 Å². The molecule has 0 aliphatic rings. The van der Waals surface area contributed by atoms with E-state index in [-0.39, 0.29) is 0 Å². The van der Waals surface area contributed by atoms with Gasteiger partial charge in [-0.1, -0.05) is 212 Å². The van der Waals surface area contributed by atoms with Crippen LogP contribution in [0, 0.1) is 0 Å². The van der Waals surface area contributed by atoms with Gasteiger partial charge in [0.25, 0.3) is 0 Å². The third-order valence-corrected chi connectivity index (χ3v) is 29.0. The molecule has 24 rings (SSSR count). The molecule has 0 fully saturated rings.